The van der Waals surface area contributed by atoms with Crippen molar-refractivity contribution in [3.63, 3.8) is 0 Å². The van der Waals surface area contributed by atoms with E-state index in [1.54, 1.807) is 12.1 Å². The number of halogens is 1. The van der Waals surface area contributed by atoms with E-state index in [4.69, 9.17) is 0 Å². The Kier molecular flexibility index (Phi) is 3.69. The van der Waals surface area contributed by atoms with E-state index in [9.17, 15) is 14.3 Å². The van der Waals surface area contributed by atoms with Crippen molar-refractivity contribution in [2.75, 3.05) is 0 Å². The van der Waals surface area contributed by atoms with Gasteiger partial charge in [-0.05, 0) is 49.3 Å². The third-order valence-electron chi connectivity index (χ3n) is 4.34. The average Bonchev–Trinajstić information content (AvgIpc) is 2.39. The van der Waals surface area contributed by atoms with Gasteiger partial charge in [-0.2, -0.15) is 0 Å². The third-order valence-corrected chi connectivity index (χ3v) is 4.34. The summed E-state index contributed by atoms with van der Waals surface area (Å²) in [6.07, 6.45) is 4.32. The summed E-state index contributed by atoms with van der Waals surface area (Å²) in [5.74, 6) is -0.455. The normalized spacial score (nSPS) is 28.0. The van der Waals surface area contributed by atoms with Gasteiger partial charge >= 0.3 is 5.97 Å². The zero-order valence-electron chi connectivity index (χ0n) is 10.7. The van der Waals surface area contributed by atoms with E-state index >= 15 is 0 Å². The molecule has 98 valence electrons. The Morgan fingerprint density at radius 1 is 1.33 bits per heavy atom. The predicted octanol–water partition coefficient (Wildman–Crippen LogP) is 3.75. The standard InChI is InChI=1S/C15H19FO2/c1-2-11-7-9-15(10-8-11,14(17)18)12-3-5-13(16)6-4-12/h3-6,11H,2,7-10H2,1H3,(H,17,18). The zero-order chi connectivity index (χ0) is 13.2. The van der Waals surface area contributed by atoms with Crippen LogP contribution >= 0.6 is 0 Å². The lowest BCUT2D eigenvalue weighted by Gasteiger charge is -2.37. The zero-order valence-corrected chi connectivity index (χ0v) is 10.7. The number of carbonyl (C=O) groups is 1. The molecular formula is C15H19FO2. The molecule has 0 saturated heterocycles. The van der Waals surface area contributed by atoms with Crippen LogP contribution in [0.15, 0.2) is 24.3 Å². The van der Waals surface area contributed by atoms with E-state index in [2.05, 4.69) is 6.92 Å². The second-order valence-corrected chi connectivity index (χ2v) is 5.25. The van der Waals surface area contributed by atoms with Gasteiger partial charge in [-0.15, -0.1) is 0 Å². The minimum absolute atomic E-state index is 0.318. The number of benzene rings is 1. The van der Waals surface area contributed by atoms with Gasteiger partial charge in [0.05, 0.1) is 5.41 Å². The van der Waals surface area contributed by atoms with Gasteiger partial charge in [0.2, 0.25) is 0 Å². The highest BCUT2D eigenvalue weighted by Crippen LogP contribution is 2.42. The second kappa shape index (κ2) is 5.09. The van der Waals surface area contributed by atoms with Gasteiger partial charge < -0.3 is 5.11 Å². The first-order valence-corrected chi connectivity index (χ1v) is 6.58. The molecular weight excluding hydrogens is 231 g/mol. The van der Waals surface area contributed by atoms with E-state index in [0.29, 0.717) is 18.8 Å². The van der Waals surface area contributed by atoms with Gasteiger partial charge in [0.1, 0.15) is 5.82 Å². The van der Waals surface area contributed by atoms with E-state index in [0.717, 1.165) is 24.8 Å². The van der Waals surface area contributed by atoms with Crippen molar-refractivity contribution >= 4 is 5.97 Å². The molecule has 2 rings (SSSR count). The number of carboxylic acid groups (broad SMARTS) is 1. The van der Waals surface area contributed by atoms with Gasteiger partial charge in [-0.3, -0.25) is 4.79 Å². The molecule has 1 aromatic carbocycles. The summed E-state index contributed by atoms with van der Waals surface area (Å²) in [7, 11) is 0. The first-order valence-electron chi connectivity index (χ1n) is 6.58. The molecule has 0 aromatic heterocycles. The summed E-state index contributed by atoms with van der Waals surface area (Å²) in [6, 6.07) is 5.95. The molecule has 1 saturated carbocycles. The molecule has 1 aliphatic carbocycles. The largest absolute Gasteiger partial charge is 0.481 e. The molecule has 0 aliphatic heterocycles. The first-order chi connectivity index (χ1) is 8.58. The minimum Gasteiger partial charge on any atom is -0.481 e. The first kappa shape index (κ1) is 13.1. The molecule has 3 heteroatoms. The Balaban J connectivity index is 2.28. The van der Waals surface area contributed by atoms with Gasteiger partial charge in [0.15, 0.2) is 0 Å². The van der Waals surface area contributed by atoms with Gasteiger partial charge in [0.25, 0.3) is 0 Å². The van der Waals surface area contributed by atoms with Crippen LogP contribution in [0.25, 0.3) is 0 Å². The highest BCUT2D eigenvalue weighted by atomic mass is 19.1. The maximum atomic E-state index is 12.9. The summed E-state index contributed by atoms with van der Waals surface area (Å²) in [6.45, 7) is 2.15. The molecule has 0 bridgehead atoms. The molecule has 18 heavy (non-hydrogen) atoms. The lowest BCUT2D eigenvalue weighted by atomic mass is 9.66. The number of hydrogen-bond acceptors (Lipinski definition) is 1. The van der Waals surface area contributed by atoms with Crippen LogP contribution in [0.1, 0.15) is 44.6 Å². The van der Waals surface area contributed by atoms with Crippen LogP contribution in [-0.4, -0.2) is 11.1 Å². The molecule has 0 heterocycles. The molecule has 0 atom stereocenters. The Labute approximate surface area is 107 Å². The molecule has 1 N–H and O–H groups in total. The number of hydrogen-bond donors (Lipinski definition) is 1. The van der Waals surface area contributed by atoms with Crippen LogP contribution in [0.3, 0.4) is 0 Å². The fourth-order valence-electron chi connectivity index (χ4n) is 2.97. The van der Waals surface area contributed by atoms with E-state index in [-0.39, 0.29) is 5.82 Å². The van der Waals surface area contributed by atoms with Crippen molar-refractivity contribution < 1.29 is 14.3 Å². The summed E-state index contributed by atoms with van der Waals surface area (Å²) in [4.78, 5) is 11.7. The Morgan fingerprint density at radius 3 is 2.33 bits per heavy atom. The van der Waals surface area contributed by atoms with Crippen molar-refractivity contribution in [3.8, 4) is 0 Å². The summed E-state index contributed by atoms with van der Waals surface area (Å²) >= 11 is 0. The van der Waals surface area contributed by atoms with Gasteiger partial charge in [0, 0.05) is 0 Å². The quantitative estimate of drug-likeness (QED) is 0.887. The van der Waals surface area contributed by atoms with Crippen LogP contribution < -0.4 is 0 Å². The average molecular weight is 250 g/mol. The summed E-state index contributed by atoms with van der Waals surface area (Å²) in [5.41, 5.74) is -0.0646. The summed E-state index contributed by atoms with van der Waals surface area (Å²) in [5, 5.41) is 9.58. The molecule has 1 aliphatic rings. The molecule has 2 nitrogen and oxygen atoms in total. The van der Waals surface area contributed by atoms with E-state index in [1.807, 2.05) is 0 Å². The number of carboxylic acids is 1. The molecule has 0 radical (unpaired) electrons. The fourth-order valence-corrected chi connectivity index (χ4v) is 2.97. The van der Waals surface area contributed by atoms with Crippen molar-refractivity contribution in [3.05, 3.63) is 35.6 Å². The van der Waals surface area contributed by atoms with Gasteiger partial charge in [-0.25, -0.2) is 4.39 Å². The van der Waals surface area contributed by atoms with Crippen molar-refractivity contribution in [2.24, 2.45) is 5.92 Å². The third kappa shape index (κ3) is 2.26. The number of aliphatic carboxylic acids is 1. The van der Waals surface area contributed by atoms with Crippen LogP contribution in [-0.2, 0) is 10.2 Å². The fraction of sp³-hybridized carbons (Fsp3) is 0.533. The monoisotopic (exact) mass is 250 g/mol. The topological polar surface area (TPSA) is 37.3 Å². The van der Waals surface area contributed by atoms with Crippen LogP contribution in [0.4, 0.5) is 4.39 Å². The molecule has 1 aromatic rings. The Morgan fingerprint density at radius 2 is 1.89 bits per heavy atom. The van der Waals surface area contributed by atoms with Crippen molar-refractivity contribution in [2.45, 2.75) is 44.4 Å². The highest BCUT2D eigenvalue weighted by molar-refractivity contribution is 5.81. The summed E-state index contributed by atoms with van der Waals surface area (Å²) < 4.78 is 12.9. The second-order valence-electron chi connectivity index (χ2n) is 5.25. The molecule has 1 fully saturated rings. The number of rotatable bonds is 3. The maximum absolute atomic E-state index is 12.9. The van der Waals surface area contributed by atoms with E-state index in [1.165, 1.54) is 12.1 Å². The molecule has 0 spiro atoms. The van der Waals surface area contributed by atoms with Crippen LogP contribution in [0.2, 0.25) is 0 Å². The predicted molar refractivity (Wildman–Crippen MR) is 68.0 cm³/mol. The lowest BCUT2D eigenvalue weighted by molar-refractivity contribution is -0.145. The SMILES string of the molecule is CCC1CCC(C(=O)O)(c2ccc(F)cc2)CC1. The minimum atomic E-state index is -0.806. The van der Waals surface area contributed by atoms with Crippen LogP contribution in [0.5, 0.6) is 0 Å². The van der Waals surface area contributed by atoms with Crippen molar-refractivity contribution in [1.29, 1.82) is 0 Å². The van der Waals surface area contributed by atoms with Crippen molar-refractivity contribution in [1.82, 2.24) is 0 Å². The lowest BCUT2D eigenvalue weighted by Crippen LogP contribution is -2.39. The van der Waals surface area contributed by atoms with Gasteiger partial charge in [-0.1, -0.05) is 25.5 Å². The maximum Gasteiger partial charge on any atom is 0.314 e. The molecule has 0 amide bonds. The highest BCUT2D eigenvalue weighted by Gasteiger charge is 2.43. The van der Waals surface area contributed by atoms with Crippen LogP contribution in [0, 0.1) is 11.7 Å². The van der Waals surface area contributed by atoms with E-state index < -0.39 is 11.4 Å². The smallest absolute Gasteiger partial charge is 0.314 e. The Bertz CT molecular complexity index is 417. The Hall–Kier alpha value is -1.38. The molecule has 0 unspecified atom stereocenters.